The number of piperazine rings is 1. The first kappa shape index (κ1) is 13.2. The number of para-hydroxylation sites is 1. The fraction of sp³-hybridized carbons (Fsp3) is 0.267. The summed E-state index contributed by atoms with van der Waals surface area (Å²) in [5, 5.41) is 3.93. The summed E-state index contributed by atoms with van der Waals surface area (Å²) in [5.41, 5.74) is 0. The molecular formula is C15H16ClN3O. The molecule has 0 unspecified atom stereocenters. The van der Waals surface area contributed by atoms with Gasteiger partial charge >= 0.3 is 0 Å². The summed E-state index contributed by atoms with van der Waals surface area (Å²) in [6, 6.07) is 11.3. The Morgan fingerprint density at radius 2 is 1.80 bits per heavy atom. The van der Waals surface area contributed by atoms with E-state index in [-0.39, 0.29) is 0 Å². The second-order valence-electron chi connectivity index (χ2n) is 4.59. The van der Waals surface area contributed by atoms with Gasteiger partial charge in [0.1, 0.15) is 5.75 Å². The maximum absolute atomic E-state index is 6.14. The lowest BCUT2D eigenvalue weighted by atomic mass is 10.3. The number of rotatable bonds is 3. The Labute approximate surface area is 123 Å². The van der Waals surface area contributed by atoms with E-state index in [9.17, 15) is 0 Å². The van der Waals surface area contributed by atoms with Crippen LogP contribution < -0.4 is 15.0 Å². The molecule has 1 saturated heterocycles. The number of anilines is 1. The third-order valence-electron chi connectivity index (χ3n) is 3.22. The molecule has 3 rings (SSSR count). The Morgan fingerprint density at radius 1 is 1.05 bits per heavy atom. The lowest BCUT2D eigenvalue weighted by Crippen LogP contribution is -2.44. The first-order valence-corrected chi connectivity index (χ1v) is 7.05. The van der Waals surface area contributed by atoms with E-state index in [1.807, 2.05) is 36.4 Å². The highest BCUT2D eigenvalue weighted by Crippen LogP contribution is 2.33. The Kier molecular flexibility index (Phi) is 4.04. The first-order valence-electron chi connectivity index (χ1n) is 6.67. The Morgan fingerprint density at radius 3 is 2.60 bits per heavy atom. The van der Waals surface area contributed by atoms with E-state index in [0.29, 0.717) is 10.8 Å². The van der Waals surface area contributed by atoms with Crippen molar-refractivity contribution in [2.24, 2.45) is 0 Å². The summed E-state index contributed by atoms with van der Waals surface area (Å²) < 4.78 is 5.94. The molecule has 104 valence electrons. The maximum Gasteiger partial charge on any atom is 0.172 e. The van der Waals surface area contributed by atoms with Gasteiger partial charge in [-0.05, 0) is 24.3 Å². The molecule has 1 N–H and O–H groups in total. The molecule has 0 atom stereocenters. The normalized spacial score (nSPS) is 15.2. The molecule has 20 heavy (non-hydrogen) atoms. The molecule has 1 fully saturated rings. The zero-order valence-corrected chi connectivity index (χ0v) is 11.8. The number of aromatic nitrogens is 1. The minimum atomic E-state index is 0.600. The van der Waals surface area contributed by atoms with Crippen LogP contribution in [0.3, 0.4) is 0 Å². The summed E-state index contributed by atoms with van der Waals surface area (Å²) in [6.45, 7) is 3.77. The molecule has 5 heteroatoms. The maximum atomic E-state index is 6.14. The molecule has 0 aliphatic carbocycles. The van der Waals surface area contributed by atoms with E-state index in [1.54, 1.807) is 6.20 Å². The molecule has 2 heterocycles. The zero-order chi connectivity index (χ0) is 13.8. The summed E-state index contributed by atoms with van der Waals surface area (Å²) >= 11 is 6.14. The molecule has 0 amide bonds. The first-order chi connectivity index (χ1) is 9.84. The molecule has 0 bridgehead atoms. The monoisotopic (exact) mass is 289 g/mol. The van der Waals surface area contributed by atoms with Gasteiger partial charge in [-0.15, -0.1) is 0 Å². The van der Waals surface area contributed by atoms with Crippen LogP contribution in [0.2, 0.25) is 5.02 Å². The average Bonchev–Trinajstić information content (AvgIpc) is 2.51. The third kappa shape index (κ3) is 2.86. The SMILES string of the molecule is Clc1ccccc1Oc1cccnc1N1CCNCC1. The van der Waals surface area contributed by atoms with Crippen molar-refractivity contribution >= 4 is 17.4 Å². The van der Waals surface area contributed by atoms with Crippen LogP contribution in [0.5, 0.6) is 11.5 Å². The Bertz CT molecular complexity index is 585. The average molecular weight is 290 g/mol. The summed E-state index contributed by atoms with van der Waals surface area (Å²) in [4.78, 5) is 6.68. The van der Waals surface area contributed by atoms with Gasteiger partial charge in [0.05, 0.1) is 5.02 Å². The van der Waals surface area contributed by atoms with Crippen molar-refractivity contribution in [2.45, 2.75) is 0 Å². The van der Waals surface area contributed by atoms with Gasteiger partial charge in [-0.25, -0.2) is 4.98 Å². The minimum Gasteiger partial charge on any atom is -0.452 e. The van der Waals surface area contributed by atoms with Crippen molar-refractivity contribution in [3.05, 3.63) is 47.6 Å². The highest BCUT2D eigenvalue weighted by Gasteiger charge is 2.17. The van der Waals surface area contributed by atoms with Crippen LogP contribution in [0.1, 0.15) is 0 Å². The van der Waals surface area contributed by atoms with Crippen molar-refractivity contribution in [1.82, 2.24) is 10.3 Å². The highest BCUT2D eigenvalue weighted by atomic mass is 35.5. The molecule has 1 aliphatic rings. The number of nitrogens with zero attached hydrogens (tertiary/aromatic N) is 2. The van der Waals surface area contributed by atoms with Crippen LogP contribution in [-0.2, 0) is 0 Å². The van der Waals surface area contributed by atoms with Gasteiger partial charge in [-0.1, -0.05) is 23.7 Å². The van der Waals surface area contributed by atoms with E-state index in [0.717, 1.165) is 37.7 Å². The van der Waals surface area contributed by atoms with Crippen LogP contribution in [0, 0.1) is 0 Å². The van der Waals surface area contributed by atoms with Crippen LogP contribution in [0.25, 0.3) is 0 Å². The Balaban J connectivity index is 1.88. The number of pyridine rings is 1. The number of benzene rings is 1. The van der Waals surface area contributed by atoms with Crippen LogP contribution in [-0.4, -0.2) is 31.2 Å². The van der Waals surface area contributed by atoms with Crippen molar-refractivity contribution in [1.29, 1.82) is 0 Å². The number of halogens is 1. The van der Waals surface area contributed by atoms with E-state index in [4.69, 9.17) is 16.3 Å². The standard InChI is InChI=1S/C15H16ClN3O/c16-12-4-1-2-5-13(12)20-14-6-3-7-18-15(14)19-10-8-17-9-11-19/h1-7,17H,8-11H2. The summed E-state index contributed by atoms with van der Waals surface area (Å²) in [5.74, 6) is 2.26. The van der Waals surface area contributed by atoms with Gasteiger partial charge in [-0.3, -0.25) is 0 Å². The van der Waals surface area contributed by atoms with Crippen molar-refractivity contribution < 1.29 is 4.74 Å². The molecule has 0 spiro atoms. The molecule has 4 nitrogen and oxygen atoms in total. The predicted molar refractivity (Wildman–Crippen MR) is 80.8 cm³/mol. The second-order valence-corrected chi connectivity index (χ2v) is 5.00. The Hall–Kier alpha value is -1.78. The van der Waals surface area contributed by atoms with Gasteiger partial charge in [0.25, 0.3) is 0 Å². The third-order valence-corrected chi connectivity index (χ3v) is 3.54. The van der Waals surface area contributed by atoms with Gasteiger partial charge in [0.2, 0.25) is 0 Å². The molecule has 2 aromatic rings. The van der Waals surface area contributed by atoms with Crippen LogP contribution >= 0.6 is 11.6 Å². The topological polar surface area (TPSA) is 37.4 Å². The number of hydrogen-bond acceptors (Lipinski definition) is 4. The van der Waals surface area contributed by atoms with Gasteiger partial charge in [0, 0.05) is 32.4 Å². The van der Waals surface area contributed by atoms with Gasteiger partial charge < -0.3 is 15.0 Å². The fourth-order valence-electron chi connectivity index (χ4n) is 2.22. The van der Waals surface area contributed by atoms with Crippen LogP contribution in [0.15, 0.2) is 42.6 Å². The fourth-order valence-corrected chi connectivity index (χ4v) is 2.40. The van der Waals surface area contributed by atoms with E-state index >= 15 is 0 Å². The molecule has 0 saturated carbocycles. The minimum absolute atomic E-state index is 0.600. The largest absolute Gasteiger partial charge is 0.452 e. The van der Waals surface area contributed by atoms with Gasteiger partial charge in [0.15, 0.2) is 11.6 Å². The number of ether oxygens (including phenoxy) is 1. The lowest BCUT2D eigenvalue weighted by molar-refractivity contribution is 0.475. The molecule has 0 radical (unpaired) electrons. The van der Waals surface area contributed by atoms with Crippen LogP contribution in [0.4, 0.5) is 5.82 Å². The highest BCUT2D eigenvalue weighted by molar-refractivity contribution is 6.32. The smallest absolute Gasteiger partial charge is 0.172 e. The molecule has 1 aromatic heterocycles. The van der Waals surface area contributed by atoms with Crippen molar-refractivity contribution in [2.75, 3.05) is 31.1 Å². The molecule has 1 aliphatic heterocycles. The second kappa shape index (κ2) is 6.11. The lowest BCUT2D eigenvalue weighted by Gasteiger charge is -2.29. The predicted octanol–water partition coefficient (Wildman–Crippen LogP) is 2.94. The summed E-state index contributed by atoms with van der Waals surface area (Å²) in [6.07, 6.45) is 1.79. The quantitative estimate of drug-likeness (QED) is 0.943. The summed E-state index contributed by atoms with van der Waals surface area (Å²) in [7, 11) is 0. The van der Waals surface area contributed by atoms with E-state index in [2.05, 4.69) is 15.2 Å². The van der Waals surface area contributed by atoms with E-state index in [1.165, 1.54) is 0 Å². The zero-order valence-electron chi connectivity index (χ0n) is 11.1. The molecular weight excluding hydrogens is 274 g/mol. The van der Waals surface area contributed by atoms with Crippen molar-refractivity contribution in [3.63, 3.8) is 0 Å². The number of nitrogens with one attached hydrogen (secondary N) is 1. The molecule has 1 aromatic carbocycles. The van der Waals surface area contributed by atoms with E-state index < -0.39 is 0 Å². The number of hydrogen-bond donors (Lipinski definition) is 1. The van der Waals surface area contributed by atoms with Crippen molar-refractivity contribution in [3.8, 4) is 11.5 Å². The van der Waals surface area contributed by atoms with Gasteiger partial charge in [-0.2, -0.15) is 0 Å².